The zero-order valence-electron chi connectivity index (χ0n) is 11.6. The van der Waals surface area contributed by atoms with Crippen molar-refractivity contribution < 1.29 is 9.90 Å². The Hall–Kier alpha value is -2.73. The zero-order valence-corrected chi connectivity index (χ0v) is 12.4. The Kier molecular flexibility index (Phi) is 4.11. The molecular weight excluding hydrogens is 298 g/mol. The second-order valence-corrected chi connectivity index (χ2v) is 5.62. The fourth-order valence-corrected chi connectivity index (χ4v) is 2.85. The Bertz CT molecular complexity index is 792. The van der Waals surface area contributed by atoms with Gasteiger partial charge in [0.1, 0.15) is 6.33 Å². The number of H-pyrrole nitrogens is 1. The molecule has 3 rings (SSSR count). The van der Waals surface area contributed by atoms with Gasteiger partial charge >= 0.3 is 0 Å². The number of hydrogen-bond acceptors (Lipinski definition) is 5. The number of aliphatic hydroxyl groups is 1. The van der Waals surface area contributed by atoms with Crippen molar-refractivity contribution in [2.75, 3.05) is 0 Å². The Labute approximate surface area is 131 Å². The number of aliphatic hydroxyl groups excluding tert-OH is 1. The van der Waals surface area contributed by atoms with Gasteiger partial charge in [-0.05, 0) is 29.0 Å². The molecule has 0 aliphatic rings. The average Bonchev–Trinajstić information content (AvgIpc) is 3.19. The molecule has 0 radical (unpaired) electrons. The van der Waals surface area contributed by atoms with Crippen molar-refractivity contribution in [3.63, 3.8) is 0 Å². The lowest BCUT2D eigenvalue weighted by molar-refractivity contribution is 0.104. The number of nitrogens with zero attached hydrogens (tertiary/aromatic N) is 2. The second kappa shape index (κ2) is 6.36. The van der Waals surface area contributed by atoms with E-state index in [9.17, 15) is 9.90 Å². The predicted octanol–water partition coefficient (Wildman–Crippen LogP) is 3.24. The van der Waals surface area contributed by atoms with Crippen LogP contribution in [0, 0.1) is 0 Å². The summed E-state index contributed by atoms with van der Waals surface area (Å²) in [5.74, 6) is -0.298. The third-order valence-electron chi connectivity index (χ3n) is 3.07. The van der Waals surface area contributed by atoms with Gasteiger partial charge in [-0.2, -0.15) is 5.10 Å². The third-order valence-corrected chi connectivity index (χ3v) is 4.07. The standard InChI is InChI=1S/C16H13N3O2S/c20-13(8-14(21)16-17-10-18-19-16)15-7-12(9-22-15)6-11-4-2-1-3-5-11/h1-5,7-10,21H,6H2,(H,17,18,19). The van der Waals surface area contributed by atoms with Gasteiger partial charge in [0, 0.05) is 6.08 Å². The van der Waals surface area contributed by atoms with E-state index in [0.29, 0.717) is 4.88 Å². The number of aromatic nitrogens is 3. The number of aromatic amines is 1. The molecule has 2 aromatic heterocycles. The summed E-state index contributed by atoms with van der Waals surface area (Å²) >= 11 is 1.36. The molecule has 2 N–H and O–H groups in total. The monoisotopic (exact) mass is 311 g/mol. The Morgan fingerprint density at radius 1 is 1.27 bits per heavy atom. The smallest absolute Gasteiger partial charge is 0.199 e. The van der Waals surface area contributed by atoms with Crippen molar-refractivity contribution in [3.05, 3.63) is 76.0 Å². The summed E-state index contributed by atoms with van der Waals surface area (Å²) < 4.78 is 0. The maximum absolute atomic E-state index is 12.1. The van der Waals surface area contributed by atoms with E-state index in [-0.39, 0.29) is 17.4 Å². The van der Waals surface area contributed by atoms with Crippen molar-refractivity contribution in [3.8, 4) is 0 Å². The van der Waals surface area contributed by atoms with E-state index in [1.807, 2.05) is 29.6 Å². The molecule has 0 bridgehead atoms. The Morgan fingerprint density at radius 2 is 2.09 bits per heavy atom. The average molecular weight is 311 g/mol. The number of nitrogens with one attached hydrogen (secondary N) is 1. The van der Waals surface area contributed by atoms with Crippen LogP contribution in [0.2, 0.25) is 0 Å². The van der Waals surface area contributed by atoms with E-state index in [4.69, 9.17) is 0 Å². The van der Waals surface area contributed by atoms with Crippen LogP contribution < -0.4 is 0 Å². The van der Waals surface area contributed by atoms with Crippen LogP contribution in [0.3, 0.4) is 0 Å². The lowest BCUT2D eigenvalue weighted by Crippen LogP contribution is -1.95. The van der Waals surface area contributed by atoms with Crippen LogP contribution in [0.5, 0.6) is 0 Å². The fourth-order valence-electron chi connectivity index (χ4n) is 2.02. The lowest BCUT2D eigenvalue weighted by Gasteiger charge is -1.97. The summed E-state index contributed by atoms with van der Waals surface area (Å²) in [6, 6.07) is 11.9. The molecule has 0 aliphatic carbocycles. The largest absolute Gasteiger partial charge is 0.504 e. The third kappa shape index (κ3) is 3.29. The van der Waals surface area contributed by atoms with Gasteiger partial charge in [0.25, 0.3) is 0 Å². The molecule has 0 atom stereocenters. The van der Waals surface area contributed by atoms with Gasteiger partial charge < -0.3 is 5.11 Å². The van der Waals surface area contributed by atoms with E-state index in [0.717, 1.165) is 18.1 Å². The summed E-state index contributed by atoms with van der Waals surface area (Å²) in [4.78, 5) is 16.5. The van der Waals surface area contributed by atoms with E-state index >= 15 is 0 Å². The maximum Gasteiger partial charge on any atom is 0.199 e. The van der Waals surface area contributed by atoms with Crippen LogP contribution in [0.25, 0.3) is 5.76 Å². The van der Waals surface area contributed by atoms with Gasteiger partial charge in [0.2, 0.25) is 0 Å². The highest BCUT2D eigenvalue weighted by atomic mass is 32.1. The number of hydrogen-bond donors (Lipinski definition) is 2. The number of thiophene rings is 1. The van der Waals surface area contributed by atoms with Crippen molar-refractivity contribution in [2.45, 2.75) is 6.42 Å². The van der Waals surface area contributed by atoms with E-state index in [2.05, 4.69) is 27.3 Å². The van der Waals surface area contributed by atoms with Gasteiger partial charge in [0.05, 0.1) is 4.88 Å². The Balaban J connectivity index is 1.73. The molecule has 3 aromatic rings. The number of rotatable bonds is 5. The fraction of sp³-hybridized carbons (Fsp3) is 0.0625. The summed E-state index contributed by atoms with van der Waals surface area (Å²) in [5, 5.41) is 17.9. The topological polar surface area (TPSA) is 78.9 Å². The highest BCUT2D eigenvalue weighted by Crippen LogP contribution is 2.20. The molecule has 1 aromatic carbocycles. The van der Waals surface area contributed by atoms with E-state index < -0.39 is 0 Å². The molecule has 6 heteroatoms. The van der Waals surface area contributed by atoms with Crippen LogP contribution in [-0.4, -0.2) is 26.1 Å². The van der Waals surface area contributed by atoms with E-state index in [1.165, 1.54) is 23.2 Å². The van der Waals surface area contributed by atoms with Crippen molar-refractivity contribution in [1.82, 2.24) is 15.2 Å². The number of allylic oxidation sites excluding steroid dienone is 1. The first-order valence-electron chi connectivity index (χ1n) is 6.64. The molecule has 0 fully saturated rings. The van der Waals surface area contributed by atoms with Crippen LogP contribution in [0.15, 0.2) is 54.2 Å². The van der Waals surface area contributed by atoms with Gasteiger partial charge in [0.15, 0.2) is 17.4 Å². The van der Waals surface area contributed by atoms with Crippen molar-refractivity contribution in [2.24, 2.45) is 0 Å². The van der Waals surface area contributed by atoms with Crippen LogP contribution in [0.1, 0.15) is 26.6 Å². The summed E-state index contributed by atoms with van der Waals surface area (Å²) in [6.07, 6.45) is 3.20. The van der Waals surface area contributed by atoms with Gasteiger partial charge in [-0.3, -0.25) is 9.89 Å². The first-order chi connectivity index (χ1) is 10.7. The quantitative estimate of drug-likeness (QED) is 0.431. The van der Waals surface area contributed by atoms with Crippen molar-refractivity contribution in [1.29, 1.82) is 0 Å². The summed E-state index contributed by atoms with van der Waals surface area (Å²) in [6.45, 7) is 0. The molecule has 22 heavy (non-hydrogen) atoms. The molecule has 5 nitrogen and oxygen atoms in total. The zero-order chi connectivity index (χ0) is 15.4. The van der Waals surface area contributed by atoms with E-state index in [1.54, 1.807) is 0 Å². The SMILES string of the molecule is O=C(C=C(O)c1ncn[nH]1)c1cc(Cc2ccccc2)cs1. The lowest BCUT2D eigenvalue weighted by atomic mass is 10.1. The second-order valence-electron chi connectivity index (χ2n) is 4.71. The van der Waals surface area contributed by atoms with Crippen LogP contribution in [-0.2, 0) is 6.42 Å². The van der Waals surface area contributed by atoms with Crippen LogP contribution in [0.4, 0.5) is 0 Å². The molecule has 2 heterocycles. The number of ketones is 1. The molecule has 0 spiro atoms. The van der Waals surface area contributed by atoms with Gasteiger partial charge in [-0.1, -0.05) is 30.3 Å². The first-order valence-corrected chi connectivity index (χ1v) is 7.52. The summed E-state index contributed by atoms with van der Waals surface area (Å²) in [7, 11) is 0. The molecular formula is C16H13N3O2S. The molecule has 0 saturated heterocycles. The number of carbonyl (C=O) groups excluding carboxylic acids is 1. The highest BCUT2D eigenvalue weighted by Gasteiger charge is 2.11. The molecule has 110 valence electrons. The van der Waals surface area contributed by atoms with Crippen molar-refractivity contribution >= 4 is 22.9 Å². The first kappa shape index (κ1) is 14.2. The predicted molar refractivity (Wildman–Crippen MR) is 84.9 cm³/mol. The maximum atomic E-state index is 12.1. The highest BCUT2D eigenvalue weighted by molar-refractivity contribution is 7.12. The molecule has 0 aliphatic heterocycles. The minimum Gasteiger partial charge on any atom is -0.504 e. The molecule has 0 unspecified atom stereocenters. The van der Waals surface area contributed by atoms with Gasteiger partial charge in [-0.25, -0.2) is 4.98 Å². The normalized spacial score (nSPS) is 11.5. The van der Waals surface area contributed by atoms with Crippen LogP contribution >= 0.6 is 11.3 Å². The Morgan fingerprint density at radius 3 is 2.82 bits per heavy atom. The summed E-state index contributed by atoms with van der Waals surface area (Å²) in [5.41, 5.74) is 2.27. The minimum atomic E-state index is -0.252. The molecule has 0 amide bonds. The molecule has 0 saturated carbocycles. The minimum absolute atomic E-state index is 0.175. The van der Waals surface area contributed by atoms with Gasteiger partial charge in [-0.15, -0.1) is 11.3 Å². The number of carbonyl (C=O) groups is 1. The number of benzene rings is 1.